The second kappa shape index (κ2) is 5.29. The number of carboxylic acid groups (broad SMARTS) is 1. The molecule has 1 unspecified atom stereocenters. The Morgan fingerprint density at radius 3 is 2.24 bits per heavy atom. The van der Waals surface area contributed by atoms with Crippen LogP contribution in [0, 0.1) is 0 Å². The van der Waals surface area contributed by atoms with Crippen LogP contribution in [0.4, 0.5) is 0 Å². The lowest BCUT2D eigenvalue weighted by Gasteiger charge is -2.23. The first-order valence-corrected chi connectivity index (χ1v) is 5.48. The van der Waals surface area contributed by atoms with Crippen molar-refractivity contribution < 1.29 is 20.1 Å². The second-order valence-corrected chi connectivity index (χ2v) is 4.77. The fourth-order valence-corrected chi connectivity index (χ4v) is 1.74. The quantitative estimate of drug-likeness (QED) is 0.725. The fourth-order valence-electron chi connectivity index (χ4n) is 1.74. The molecule has 1 aromatic carbocycles. The van der Waals surface area contributed by atoms with Crippen molar-refractivity contribution in [3.63, 3.8) is 0 Å². The van der Waals surface area contributed by atoms with Crippen LogP contribution in [0.1, 0.15) is 37.5 Å². The summed E-state index contributed by atoms with van der Waals surface area (Å²) in [6, 6.07) is 6.99. The summed E-state index contributed by atoms with van der Waals surface area (Å²) >= 11 is 0. The van der Waals surface area contributed by atoms with Gasteiger partial charge in [0.25, 0.3) is 0 Å². The van der Waals surface area contributed by atoms with Gasteiger partial charge in [0.05, 0.1) is 13.0 Å². The second-order valence-electron chi connectivity index (χ2n) is 4.77. The Bertz CT molecular complexity index is 381. The number of rotatable bonds is 5. The molecule has 1 aromatic rings. The highest BCUT2D eigenvalue weighted by atomic mass is 16.4. The fraction of sp³-hybridized carbons (Fsp3) is 0.462. The summed E-state index contributed by atoms with van der Waals surface area (Å²) in [6.07, 6.45) is -0.832. The van der Waals surface area contributed by atoms with E-state index in [9.17, 15) is 9.90 Å². The predicted octanol–water partition coefficient (Wildman–Crippen LogP) is 1.46. The lowest BCUT2D eigenvalue weighted by molar-refractivity contribution is -0.138. The van der Waals surface area contributed by atoms with Crippen LogP contribution in [0.15, 0.2) is 24.3 Å². The van der Waals surface area contributed by atoms with E-state index in [-0.39, 0.29) is 13.0 Å². The Morgan fingerprint density at radius 1 is 1.29 bits per heavy atom. The molecule has 0 saturated carbocycles. The average Bonchev–Trinajstić information content (AvgIpc) is 2.26. The van der Waals surface area contributed by atoms with E-state index in [1.807, 2.05) is 13.8 Å². The molecule has 0 radical (unpaired) electrons. The molecule has 4 heteroatoms. The van der Waals surface area contributed by atoms with E-state index >= 15 is 0 Å². The first kappa shape index (κ1) is 13.7. The molecule has 1 rings (SSSR count). The summed E-state index contributed by atoms with van der Waals surface area (Å²) in [7, 11) is 0. The molecule has 0 saturated heterocycles. The van der Waals surface area contributed by atoms with Gasteiger partial charge in [-0.25, -0.2) is 0 Å². The minimum atomic E-state index is -0.883. The summed E-state index contributed by atoms with van der Waals surface area (Å²) in [5.41, 5.74) is 1.07. The normalized spacial score (nSPS) is 13.4. The largest absolute Gasteiger partial charge is 0.481 e. The summed E-state index contributed by atoms with van der Waals surface area (Å²) in [5, 5.41) is 27.1. The number of benzene rings is 1. The van der Waals surface area contributed by atoms with Gasteiger partial charge in [0, 0.05) is 5.41 Å². The molecule has 94 valence electrons. The van der Waals surface area contributed by atoms with E-state index < -0.39 is 17.5 Å². The lowest BCUT2D eigenvalue weighted by Crippen LogP contribution is -2.21. The number of carbonyl (C=O) groups is 1. The molecule has 0 amide bonds. The Hall–Kier alpha value is -1.39. The molecule has 0 aliphatic rings. The van der Waals surface area contributed by atoms with E-state index in [4.69, 9.17) is 10.2 Å². The lowest BCUT2D eigenvalue weighted by atomic mass is 9.81. The number of hydrogen-bond donors (Lipinski definition) is 3. The zero-order valence-corrected chi connectivity index (χ0v) is 10.1. The number of aliphatic hydroxyl groups excluding tert-OH is 2. The average molecular weight is 238 g/mol. The molecule has 0 heterocycles. The van der Waals surface area contributed by atoms with Crippen molar-refractivity contribution in [1.29, 1.82) is 0 Å². The molecule has 1 atom stereocenters. The maximum Gasteiger partial charge on any atom is 0.304 e. The number of aliphatic carboxylic acids is 1. The van der Waals surface area contributed by atoms with E-state index in [0.29, 0.717) is 5.56 Å². The number of carboxylic acids is 1. The molecule has 0 aromatic heterocycles. The summed E-state index contributed by atoms with van der Waals surface area (Å²) in [5.74, 6) is -0.838. The van der Waals surface area contributed by atoms with Crippen molar-refractivity contribution in [2.45, 2.75) is 31.8 Å². The zero-order valence-electron chi connectivity index (χ0n) is 10.1. The molecule has 0 fully saturated rings. The van der Waals surface area contributed by atoms with E-state index in [2.05, 4.69) is 0 Å². The molecule has 4 nitrogen and oxygen atoms in total. The number of hydrogen-bond acceptors (Lipinski definition) is 3. The van der Waals surface area contributed by atoms with Crippen molar-refractivity contribution in [3.8, 4) is 0 Å². The topological polar surface area (TPSA) is 77.8 Å². The van der Waals surface area contributed by atoms with Crippen LogP contribution in [0.25, 0.3) is 0 Å². The Labute approximate surface area is 101 Å². The first-order valence-electron chi connectivity index (χ1n) is 5.48. The Kier molecular flexibility index (Phi) is 4.26. The zero-order chi connectivity index (χ0) is 13.1. The van der Waals surface area contributed by atoms with Crippen LogP contribution in [-0.4, -0.2) is 27.9 Å². The third-order valence-corrected chi connectivity index (χ3v) is 2.84. The molecule has 0 aliphatic heterocycles. The van der Waals surface area contributed by atoms with Gasteiger partial charge in [-0.1, -0.05) is 38.1 Å². The Balaban J connectivity index is 2.90. The highest BCUT2D eigenvalue weighted by Gasteiger charge is 2.24. The van der Waals surface area contributed by atoms with Crippen molar-refractivity contribution in [2.75, 3.05) is 6.61 Å². The maximum absolute atomic E-state index is 10.7. The molecule has 17 heavy (non-hydrogen) atoms. The SMILES string of the molecule is CC(C)(CC(=O)O)c1ccc(C(O)CO)cc1. The standard InChI is InChI=1S/C13H18O4/c1-13(2,7-12(16)17)10-5-3-9(4-6-10)11(15)8-14/h3-6,11,14-15H,7-8H2,1-2H3,(H,16,17). The highest BCUT2D eigenvalue weighted by molar-refractivity contribution is 5.68. The van der Waals surface area contributed by atoms with Gasteiger partial charge >= 0.3 is 5.97 Å². The van der Waals surface area contributed by atoms with E-state index in [1.54, 1.807) is 24.3 Å². The molecule has 3 N–H and O–H groups in total. The van der Waals surface area contributed by atoms with Gasteiger partial charge in [0.2, 0.25) is 0 Å². The third-order valence-electron chi connectivity index (χ3n) is 2.84. The minimum absolute atomic E-state index is 0.0505. The number of aliphatic hydroxyl groups is 2. The summed E-state index contributed by atoms with van der Waals surface area (Å²) in [4.78, 5) is 10.7. The van der Waals surface area contributed by atoms with Crippen molar-refractivity contribution in [1.82, 2.24) is 0 Å². The molecular formula is C13H18O4. The smallest absolute Gasteiger partial charge is 0.304 e. The first-order chi connectivity index (χ1) is 7.86. The van der Waals surface area contributed by atoms with Crippen molar-refractivity contribution >= 4 is 5.97 Å². The summed E-state index contributed by atoms with van der Waals surface area (Å²) in [6.45, 7) is 3.40. The van der Waals surface area contributed by atoms with Gasteiger partial charge < -0.3 is 15.3 Å². The van der Waals surface area contributed by atoms with Gasteiger partial charge in [0.15, 0.2) is 0 Å². The van der Waals surface area contributed by atoms with Crippen LogP contribution < -0.4 is 0 Å². The van der Waals surface area contributed by atoms with E-state index in [1.165, 1.54) is 0 Å². The highest BCUT2D eigenvalue weighted by Crippen LogP contribution is 2.28. The third kappa shape index (κ3) is 3.54. The van der Waals surface area contributed by atoms with Crippen LogP contribution in [0.3, 0.4) is 0 Å². The van der Waals surface area contributed by atoms with Gasteiger partial charge in [-0.2, -0.15) is 0 Å². The van der Waals surface area contributed by atoms with Crippen LogP contribution in [0.2, 0.25) is 0 Å². The summed E-state index contributed by atoms with van der Waals surface area (Å²) < 4.78 is 0. The van der Waals surface area contributed by atoms with Crippen molar-refractivity contribution in [3.05, 3.63) is 35.4 Å². The van der Waals surface area contributed by atoms with Gasteiger partial charge in [-0.15, -0.1) is 0 Å². The van der Waals surface area contributed by atoms with Crippen LogP contribution in [-0.2, 0) is 10.2 Å². The molecular weight excluding hydrogens is 220 g/mol. The van der Waals surface area contributed by atoms with Gasteiger partial charge in [0.1, 0.15) is 6.10 Å². The van der Waals surface area contributed by atoms with Gasteiger partial charge in [-0.3, -0.25) is 4.79 Å². The minimum Gasteiger partial charge on any atom is -0.481 e. The molecule has 0 bridgehead atoms. The Morgan fingerprint density at radius 2 is 1.82 bits per heavy atom. The van der Waals surface area contributed by atoms with E-state index in [0.717, 1.165) is 5.56 Å². The molecule has 0 spiro atoms. The predicted molar refractivity (Wildman–Crippen MR) is 63.8 cm³/mol. The molecule has 0 aliphatic carbocycles. The monoisotopic (exact) mass is 238 g/mol. The van der Waals surface area contributed by atoms with Gasteiger partial charge in [-0.05, 0) is 11.1 Å². The van der Waals surface area contributed by atoms with Crippen LogP contribution >= 0.6 is 0 Å². The van der Waals surface area contributed by atoms with Crippen LogP contribution in [0.5, 0.6) is 0 Å². The van der Waals surface area contributed by atoms with Crippen molar-refractivity contribution in [2.24, 2.45) is 0 Å². The maximum atomic E-state index is 10.7.